The summed E-state index contributed by atoms with van der Waals surface area (Å²) in [7, 11) is -3.02. The van der Waals surface area contributed by atoms with Crippen molar-refractivity contribution in [1.29, 1.82) is 0 Å². The van der Waals surface area contributed by atoms with Gasteiger partial charge in [0.2, 0.25) is 5.91 Å². The number of hydrogen-bond donors (Lipinski definition) is 0. The molecule has 1 saturated heterocycles. The lowest BCUT2D eigenvalue weighted by Gasteiger charge is -2.28. The van der Waals surface area contributed by atoms with Crippen molar-refractivity contribution in [2.24, 2.45) is 0 Å². The van der Waals surface area contributed by atoms with E-state index in [0.717, 1.165) is 24.6 Å². The van der Waals surface area contributed by atoms with Gasteiger partial charge in [-0.15, -0.1) is 10.2 Å². The molecule has 1 aliphatic carbocycles. The summed E-state index contributed by atoms with van der Waals surface area (Å²) in [6, 6.07) is 3.40. The molecule has 0 bridgehead atoms. The third-order valence-corrected chi connectivity index (χ3v) is 6.84. The van der Waals surface area contributed by atoms with Crippen molar-refractivity contribution in [2.75, 3.05) is 17.3 Å². The van der Waals surface area contributed by atoms with Crippen LogP contribution in [0.4, 0.5) is 0 Å². The molecule has 2 aliphatic rings. The van der Waals surface area contributed by atoms with Crippen LogP contribution in [0, 0.1) is 0 Å². The predicted octanol–water partition coefficient (Wildman–Crippen LogP) is 1.60. The molecule has 25 heavy (non-hydrogen) atoms. The van der Waals surface area contributed by atoms with Crippen molar-refractivity contribution >= 4 is 27.5 Å². The average Bonchev–Trinajstić information content (AvgIpc) is 3.00. The van der Waals surface area contributed by atoms with E-state index in [9.17, 15) is 13.2 Å². The normalized spacial score (nSPS) is 22.2. The summed E-state index contributed by atoms with van der Waals surface area (Å²) >= 11 is 1.16. The van der Waals surface area contributed by atoms with Crippen LogP contribution in [0.1, 0.15) is 19.3 Å². The molecule has 0 aromatic carbocycles. The minimum absolute atomic E-state index is 0.0725. The Kier molecular flexibility index (Phi) is 4.32. The Morgan fingerprint density at radius 1 is 1.28 bits per heavy atom. The summed E-state index contributed by atoms with van der Waals surface area (Å²) in [5.74, 6) is 1.04. The van der Waals surface area contributed by atoms with E-state index in [2.05, 4.69) is 10.2 Å². The fraction of sp³-hybridized carbons (Fsp3) is 0.533. The maximum atomic E-state index is 12.6. The quantitative estimate of drug-likeness (QED) is 0.693. The minimum Gasteiger partial charge on any atom is -0.459 e. The Balaban J connectivity index is 1.39. The van der Waals surface area contributed by atoms with Crippen molar-refractivity contribution in [3.63, 3.8) is 0 Å². The lowest BCUT2D eigenvalue weighted by atomic mass is 10.2. The molecule has 2 aromatic rings. The molecule has 1 atom stereocenters. The van der Waals surface area contributed by atoms with E-state index in [0.29, 0.717) is 12.2 Å². The van der Waals surface area contributed by atoms with E-state index in [1.165, 1.54) is 6.26 Å². The number of amides is 1. The summed E-state index contributed by atoms with van der Waals surface area (Å²) in [5, 5.41) is 8.08. The summed E-state index contributed by atoms with van der Waals surface area (Å²) in [5.41, 5.74) is 0. The van der Waals surface area contributed by atoms with Gasteiger partial charge in [0.25, 0.3) is 11.1 Å². The van der Waals surface area contributed by atoms with Gasteiger partial charge in [0, 0.05) is 12.1 Å². The molecule has 1 amide bonds. The second-order valence-electron chi connectivity index (χ2n) is 6.23. The van der Waals surface area contributed by atoms with Crippen LogP contribution in [0.5, 0.6) is 0 Å². The average molecular weight is 383 g/mol. The number of sulfone groups is 1. The molecule has 1 saturated carbocycles. The van der Waals surface area contributed by atoms with Crippen molar-refractivity contribution in [3.8, 4) is 11.7 Å². The fourth-order valence-corrected chi connectivity index (χ4v) is 5.36. The van der Waals surface area contributed by atoms with Crippen LogP contribution in [0.15, 0.2) is 32.5 Å². The minimum atomic E-state index is -3.02. The van der Waals surface area contributed by atoms with E-state index < -0.39 is 9.84 Å². The third kappa shape index (κ3) is 3.74. The standard InChI is InChI=1S/C15H17N3O5S2/c19-13(18(10-3-4-10)11-5-7-25(20,21)9-11)8-24-15-17-16-14(23-15)12-2-1-6-22-12/h1-2,6,10-11H,3-5,7-9H2/t11-/m1/s1. The zero-order chi connectivity index (χ0) is 17.4. The van der Waals surface area contributed by atoms with Crippen molar-refractivity contribution in [3.05, 3.63) is 18.4 Å². The van der Waals surface area contributed by atoms with Gasteiger partial charge in [0.05, 0.1) is 23.5 Å². The van der Waals surface area contributed by atoms with Crippen LogP contribution in [-0.2, 0) is 14.6 Å². The zero-order valence-electron chi connectivity index (χ0n) is 13.3. The molecule has 4 rings (SSSR count). The smallest absolute Gasteiger partial charge is 0.284 e. The summed E-state index contributed by atoms with van der Waals surface area (Å²) in [6.07, 6.45) is 3.92. The highest BCUT2D eigenvalue weighted by molar-refractivity contribution is 7.99. The predicted molar refractivity (Wildman–Crippen MR) is 89.7 cm³/mol. The first kappa shape index (κ1) is 16.6. The lowest BCUT2D eigenvalue weighted by molar-refractivity contribution is -0.130. The second kappa shape index (κ2) is 6.49. The maximum Gasteiger partial charge on any atom is 0.284 e. The zero-order valence-corrected chi connectivity index (χ0v) is 15.0. The van der Waals surface area contributed by atoms with Gasteiger partial charge in [-0.05, 0) is 31.4 Å². The second-order valence-corrected chi connectivity index (χ2v) is 9.38. The molecule has 134 valence electrons. The summed E-state index contributed by atoms with van der Waals surface area (Å²) in [4.78, 5) is 14.4. The van der Waals surface area contributed by atoms with Crippen LogP contribution < -0.4 is 0 Å². The number of aromatic nitrogens is 2. The Labute approximate surface area is 148 Å². The van der Waals surface area contributed by atoms with Gasteiger partial charge >= 0.3 is 0 Å². The van der Waals surface area contributed by atoms with Gasteiger partial charge in [0.15, 0.2) is 15.6 Å². The molecular formula is C15H17N3O5S2. The third-order valence-electron chi connectivity index (χ3n) is 4.29. The number of hydrogen-bond acceptors (Lipinski definition) is 8. The largest absolute Gasteiger partial charge is 0.459 e. The summed E-state index contributed by atoms with van der Waals surface area (Å²) < 4.78 is 34.1. The highest BCUT2D eigenvalue weighted by atomic mass is 32.2. The highest BCUT2D eigenvalue weighted by Crippen LogP contribution is 2.33. The first-order chi connectivity index (χ1) is 12.0. The number of rotatable bonds is 6. The van der Waals surface area contributed by atoms with Crippen molar-refractivity contribution < 1.29 is 22.0 Å². The molecule has 10 heteroatoms. The van der Waals surface area contributed by atoms with Crippen LogP contribution in [-0.4, -0.2) is 58.8 Å². The Bertz CT molecular complexity index is 858. The van der Waals surface area contributed by atoms with E-state index >= 15 is 0 Å². The van der Waals surface area contributed by atoms with E-state index in [1.807, 2.05) is 0 Å². The molecule has 2 fully saturated rings. The van der Waals surface area contributed by atoms with Gasteiger partial charge < -0.3 is 13.7 Å². The summed E-state index contributed by atoms with van der Waals surface area (Å²) in [6.45, 7) is 0. The fourth-order valence-electron chi connectivity index (χ4n) is 3.02. The Morgan fingerprint density at radius 3 is 2.76 bits per heavy atom. The molecule has 0 unspecified atom stereocenters. The maximum absolute atomic E-state index is 12.6. The van der Waals surface area contributed by atoms with Crippen LogP contribution in [0.2, 0.25) is 0 Å². The van der Waals surface area contributed by atoms with E-state index in [-0.39, 0.29) is 46.4 Å². The number of furan rings is 1. The number of nitrogens with zero attached hydrogens (tertiary/aromatic N) is 3. The van der Waals surface area contributed by atoms with Gasteiger partial charge in [-0.3, -0.25) is 4.79 Å². The molecular weight excluding hydrogens is 366 g/mol. The molecule has 0 radical (unpaired) electrons. The van der Waals surface area contributed by atoms with Gasteiger partial charge in [-0.2, -0.15) is 0 Å². The van der Waals surface area contributed by atoms with Gasteiger partial charge in [0.1, 0.15) is 0 Å². The first-order valence-electron chi connectivity index (χ1n) is 8.03. The molecule has 8 nitrogen and oxygen atoms in total. The van der Waals surface area contributed by atoms with Gasteiger partial charge in [-0.25, -0.2) is 8.42 Å². The lowest BCUT2D eigenvalue weighted by Crippen LogP contribution is -2.43. The van der Waals surface area contributed by atoms with Crippen LogP contribution in [0.3, 0.4) is 0 Å². The molecule has 2 aromatic heterocycles. The highest BCUT2D eigenvalue weighted by Gasteiger charge is 2.42. The van der Waals surface area contributed by atoms with E-state index in [1.54, 1.807) is 17.0 Å². The van der Waals surface area contributed by atoms with Crippen molar-refractivity contribution in [1.82, 2.24) is 15.1 Å². The van der Waals surface area contributed by atoms with Crippen LogP contribution in [0.25, 0.3) is 11.7 Å². The van der Waals surface area contributed by atoms with Gasteiger partial charge in [-0.1, -0.05) is 11.8 Å². The molecule has 0 N–H and O–H groups in total. The van der Waals surface area contributed by atoms with Crippen LogP contribution >= 0.6 is 11.8 Å². The Hall–Kier alpha value is -1.81. The number of carbonyl (C=O) groups is 1. The molecule has 1 aliphatic heterocycles. The topological polar surface area (TPSA) is 107 Å². The SMILES string of the molecule is O=C(CSc1nnc(-c2ccco2)o1)N(C1CC1)[C@@H]1CCS(=O)(=O)C1. The van der Waals surface area contributed by atoms with Crippen molar-refractivity contribution in [2.45, 2.75) is 36.6 Å². The molecule has 3 heterocycles. The molecule has 0 spiro atoms. The first-order valence-corrected chi connectivity index (χ1v) is 10.8. The van der Waals surface area contributed by atoms with E-state index in [4.69, 9.17) is 8.83 Å². The number of carbonyl (C=O) groups excluding carboxylic acids is 1. The number of thioether (sulfide) groups is 1. The Morgan fingerprint density at radius 2 is 2.12 bits per heavy atom. The monoisotopic (exact) mass is 383 g/mol.